The van der Waals surface area contributed by atoms with Crippen LogP contribution < -0.4 is 11.1 Å². The van der Waals surface area contributed by atoms with E-state index >= 15 is 0 Å². The molecular formula is C14H17N3O2. The summed E-state index contributed by atoms with van der Waals surface area (Å²) in [5, 5.41) is 4.64. The Hall–Kier alpha value is -1.98. The van der Waals surface area contributed by atoms with Crippen LogP contribution in [0.15, 0.2) is 36.5 Å². The lowest BCUT2D eigenvalue weighted by atomic mass is 10.1. The fourth-order valence-electron chi connectivity index (χ4n) is 1.81. The number of fused-ring (bicyclic) bond motifs is 1. The lowest BCUT2D eigenvalue weighted by Gasteiger charge is -2.07. The summed E-state index contributed by atoms with van der Waals surface area (Å²) in [6, 6.07) is 9.56. The summed E-state index contributed by atoms with van der Waals surface area (Å²) in [6.45, 7) is 1.89. The molecule has 0 unspecified atom stereocenters. The van der Waals surface area contributed by atoms with Gasteiger partial charge in [-0.05, 0) is 11.5 Å². The molecule has 2 rings (SSSR count). The van der Waals surface area contributed by atoms with Crippen molar-refractivity contribution in [2.75, 3.05) is 26.3 Å². The molecule has 1 heterocycles. The highest BCUT2D eigenvalue weighted by Gasteiger charge is 2.10. The van der Waals surface area contributed by atoms with Crippen LogP contribution in [0, 0.1) is 0 Å². The summed E-state index contributed by atoms with van der Waals surface area (Å²) >= 11 is 0. The SMILES string of the molecule is NCCOCCNC(=O)c1nccc2ccccc12. The normalized spacial score (nSPS) is 10.6. The van der Waals surface area contributed by atoms with E-state index < -0.39 is 0 Å². The number of rotatable bonds is 6. The molecule has 5 nitrogen and oxygen atoms in total. The molecule has 0 aliphatic carbocycles. The zero-order valence-electron chi connectivity index (χ0n) is 10.6. The van der Waals surface area contributed by atoms with E-state index in [4.69, 9.17) is 10.5 Å². The Kier molecular flexibility index (Phi) is 4.83. The van der Waals surface area contributed by atoms with E-state index in [0.717, 1.165) is 10.8 Å². The summed E-state index contributed by atoms with van der Waals surface area (Å²) in [5.74, 6) is -0.187. The summed E-state index contributed by atoms with van der Waals surface area (Å²) in [4.78, 5) is 16.2. The molecule has 5 heteroatoms. The van der Waals surface area contributed by atoms with Gasteiger partial charge in [0.25, 0.3) is 5.91 Å². The zero-order chi connectivity index (χ0) is 13.5. The minimum Gasteiger partial charge on any atom is -0.378 e. The average Bonchev–Trinajstić information content (AvgIpc) is 2.46. The van der Waals surface area contributed by atoms with E-state index in [2.05, 4.69) is 10.3 Å². The molecule has 2 aromatic rings. The Morgan fingerprint density at radius 3 is 2.95 bits per heavy atom. The zero-order valence-corrected chi connectivity index (χ0v) is 10.6. The number of ether oxygens (including phenoxy) is 1. The maximum absolute atomic E-state index is 12.0. The van der Waals surface area contributed by atoms with Gasteiger partial charge in [-0.3, -0.25) is 9.78 Å². The van der Waals surface area contributed by atoms with Gasteiger partial charge in [0.15, 0.2) is 0 Å². The molecular weight excluding hydrogens is 242 g/mol. The Bertz CT molecular complexity index is 552. The molecule has 0 saturated carbocycles. The number of hydrogen-bond donors (Lipinski definition) is 2. The van der Waals surface area contributed by atoms with Gasteiger partial charge in [-0.2, -0.15) is 0 Å². The van der Waals surface area contributed by atoms with Crippen LogP contribution in [0.25, 0.3) is 10.8 Å². The van der Waals surface area contributed by atoms with Gasteiger partial charge in [-0.25, -0.2) is 0 Å². The van der Waals surface area contributed by atoms with Gasteiger partial charge in [0, 0.05) is 24.7 Å². The molecule has 1 amide bonds. The van der Waals surface area contributed by atoms with Gasteiger partial charge >= 0.3 is 0 Å². The first-order valence-electron chi connectivity index (χ1n) is 6.22. The molecule has 3 N–H and O–H groups in total. The topological polar surface area (TPSA) is 77.2 Å². The first-order chi connectivity index (χ1) is 9.33. The standard InChI is InChI=1S/C14H17N3O2/c15-6-9-19-10-8-17-14(18)13-12-4-2-1-3-11(12)5-7-16-13/h1-5,7H,6,8-10,15H2,(H,17,18). The number of carbonyl (C=O) groups is 1. The Morgan fingerprint density at radius 1 is 1.26 bits per heavy atom. The van der Waals surface area contributed by atoms with E-state index in [1.165, 1.54) is 0 Å². The average molecular weight is 259 g/mol. The lowest BCUT2D eigenvalue weighted by Crippen LogP contribution is -2.28. The predicted molar refractivity (Wildman–Crippen MR) is 73.9 cm³/mol. The third kappa shape index (κ3) is 3.49. The van der Waals surface area contributed by atoms with Crippen molar-refractivity contribution in [2.24, 2.45) is 5.73 Å². The van der Waals surface area contributed by atoms with Crippen LogP contribution in [0.5, 0.6) is 0 Å². The molecule has 0 saturated heterocycles. The quantitative estimate of drug-likeness (QED) is 0.757. The highest BCUT2D eigenvalue weighted by Crippen LogP contribution is 2.15. The molecule has 0 aliphatic rings. The van der Waals surface area contributed by atoms with Crippen LogP contribution in [-0.4, -0.2) is 37.2 Å². The Balaban J connectivity index is 2.01. The second kappa shape index (κ2) is 6.82. The highest BCUT2D eigenvalue weighted by molar-refractivity contribution is 6.05. The molecule has 0 atom stereocenters. The van der Waals surface area contributed by atoms with Crippen LogP contribution in [0.2, 0.25) is 0 Å². The number of amides is 1. The minimum absolute atomic E-state index is 0.187. The van der Waals surface area contributed by atoms with Gasteiger partial charge in [0.05, 0.1) is 13.2 Å². The fraction of sp³-hybridized carbons (Fsp3) is 0.286. The van der Waals surface area contributed by atoms with Gasteiger partial charge in [0.2, 0.25) is 0 Å². The minimum atomic E-state index is -0.187. The summed E-state index contributed by atoms with van der Waals surface area (Å²) in [6.07, 6.45) is 1.64. The van der Waals surface area contributed by atoms with Crippen molar-refractivity contribution in [3.63, 3.8) is 0 Å². The first kappa shape index (κ1) is 13.5. The lowest BCUT2D eigenvalue weighted by molar-refractivity contribution is 0.0917. The van der Waals surface area contributed by atoms with Gasteiger partial charge in [0.1, 0.15) is 5.69 Å². The first-order valence-corrected chi connectivity index (χ1v) is 6.22. The molecule has 0 radical (unpaired) electrons. The monoisotopic (exact) mass is 259 g/mol. The van der Waals surface area contributed by atoms with Crippen molar-refractivity contribution >= 4 is 16.7 Å². The molecule has 0 aliphatic heterocycles. The second-order valence-corrected chi connectivity index (χ2v) is 4.04. The van der Waals surface area contributed by atoms with Crippen molar-refractivity contribution in [2.45, 2.75) is 0 Å². The van der Waals surface area contributed by atoms with E-state index in [-0.39, 0.29) is 5.91 Å². The smallest absolute Gasteiger partial charge is 0.270 e. The molecule has 19 heavy (non-hydrogen) atoms. The van der Waals surface area contributed by atoms with Gasteiger partial charge in [-0.15, -0.1) is 0 Å². The van der Waals surface area contributed by atoms with Crippen molar-refractivity contribution < 1.29 is 9.53 Å². The van der Waals surface area contributed by atoms with Crippen molar-refractivity contribution in [1.82, 2.24) is 10.3 Å². The number of carbonyl (C=O) groups excluding carboxylic acids is 1. The van der Waals surface area contributed by atoms with E-state index in [1.807, 2.05) is 30.3 Å². The maximum Gasteiger partial charge on any atom is 0.270 e. The van der Waals surface area contributed by atoms with Crippen LogP contribution in [0.4, 0.5) is 0 Å². The number of benzene rings is 1. The number of nitrogens with two attached hydrogens (primary N) is 1. The largest absolute Gasteiger partial charge is 0.378 e. The summed E-state index contributed by atoms with van der Waals surface area (Å²) < 4.78 is 5.20. The molecule has 0 spiro atoms. The van der Waals surface area contributed by atoms with Gasteiger partial charge in [-0.1, -0.05) is 24.3 Å². The van der Waals surface area contributed by atoms with Gasteiger partial charge < -0.3 is 15.8 Å². The predicted octanol–water partition coefficient (Wildman–Crippen LogP) is 0.940. The van der Waals surface area contributed by atoms with Crippen LogP contribution in [0.3, 0.4) is 0 Å². The number of nitrogens with zero attached hydrogens (tertiary/aromatic N) is 1. The number of hydrogen-bond acceptors (Lipinski definition) is 4. The summed E-state index contributed by atoms with van der Waals surface area (Å²) in [7, 11) is 0. The van der Waals surface area contributed by atoms with E-state index in [0.29, 0.717) is 32.0 Å². The molecule has 0 bridgehead atoms. The highest BCUT2D eigenvalue weighted by atomic mass is 16.5. The third-order valence-corrected chi connectivity index (χ3v) is 2.68. The van der Waals surface area contributed by atoms with Crippen LogP contribution in [0.1, 0.15) is 10.5 Å². The van der Waals surface area contributed by atoms with E-state index in [9.17, 15) is 4.79 Å². The molecule has 100 valence electrons. The number of aromatic nitrogens is 1. The third-order valence-electron chi connectivity index (χ3n) is 2.68. The van der Waals surface area contributed by atoms with Crippen LogP contribution in [-0.2, 0) is 4.74 Å². The fourth-order valence-corrected chi connectivity index (χ4v) is 1.81. The van der Waals surface area contributed by atoms with Crippen molar-refractivity contribution in [3.8, 4) is 0 Å². The van der Waals surface area contributed by atoms with Crippen molar-refractivity contribution in [3.05, 3.63) is 42.2 Å². The maximum atomic E-state index is 12.0. The van der Waals surface area contributed by atoms with Crippen LogP contribution >= 0.6 is 0 Å². The molecule has 0 fully saturated rings. The Labute approximate surface area is 111 Å². The van der Waals surface area contributed by atoms with E-state index in [1.54, 1.807) is 6.20 Å². The molecule has 1 aromatic carbocycles. The number of pyridine rings is 1. The second-order valence-electron chi connectivity index (χ2n) is 4.04. The molecule has 1 aromatic heterocycles. The summed E-state index contributed by atoms with van der Waals surface area (Å²) in [5.41, 5.74) is 5.74. The Morgan fingerprint density at radius 2 is 2.11 bits per heavy atom. The number of nitrogens with one attached hydrogen (secondary N) is 1. The van der Waals surface area contributed by atoms with Crippen molar-refractivity contribution in [1.29, 1.82) is 0 Å².